The smallest absolute Gasteiger partial charge is 0.135 e. The Bertz CT molecular complexity index is 434. The first-order valence-corrected chi connectivity index (χ1v) is 5.54. The van der Waals surface area contributed by atoms with Gasteiger partial charge in [-0.15, -0.1) is 0 Å². The second-order valence-electron chi connectivity index (χ2n) is 3.59. The minimum atomic E-state index is 0.892. The van der Waals surface area contributed by atoms with Gasteiger partial charge < -0.3 is 4.74 Å². The third-order valence-electron chi connectivity index (χ3n) is 2.33. The van der Waals surface area contributed by atoms with E-state index in [1.54, 1.807) is 0 Å². The van der Waals surface area contributed by atoms with Gasteiger partial charge in [-0.3, -0.25) is 0 Å². The Balaban J connectivity index is 2.22. The second kappa shape index (κ2) is 5.36. The highest BCUT2D eigenvalue weighted by Crippen LogP contribution is 2.23. The summed E-state index contributed by atoms with van der Waals surface area (Å²) in [7, 11) is 0. The zero-order chi connectivity index (χ0) is 11.2. The van der Waals surface area contributed by atoms with E-state index in [-0.39, 0.29) is 0 Å². The molecule has 0 spiro atoms. The van der Waals surface area contributed by atoms with E-state index >= 15 is 0 Å². The van der Waals surface area contributed by atoms with Gasteiger partial charge in [-0.1, -0.05) is 49.4 Å². The van der Waals surface area contributed by atoms with Crippen molar-refractivity contribution < 1.29 is 4.74 Å². The molecule has 0 saturated heterocycles. The quantitative estimate of drug-likeness (QED) is 0.732. The maximum Gasteiger partial charge on any atom is 0.135 e. The van der Waals surface area contributed by atoms with Crippen LogP contribution in [0.3, 0.4) is 0 Å². The molecule has 0 bridgehead atoms. The van der Waals surface area contributed by atoms with Crippen LogP contribution in [0.15, 0.2) is 54.6 Å². The summed E-state index contributed by atoms with van der Waals surface area (Å²) in [6, 6.07) is 18.4. The molecular weight excluding hydrogens is 196 g/mol. The molecule has 1 heteroatoms. The Morgan fingerprint density at radius 3 is 2.44 bits per heavy atom. The molecule has 0 fully saturated rings. The number of rotatable bonds is 4. The van der Waals surface area contributed by atoms with Gasteiger partial charge >= 0.3 is 0 Å². The van der Waals surface area contributed by atoms with Crippen molar-refractivity contribution in [3.63, 3.8) is 0 Å². The first-order valence-electron chi connectivity index (χ1n) is 5.54. The Kier molecular flexibility index (Phi) is 3.60. The van der Waals surface area contributed by atoms with Gasteiger partial charge in [0.1, 0.15) is 12.4 Å². The number of benzene rings is 2. The fourth-order valence-corrected chi connectivity index (χ4v) is 1.56. The summed E-state index contributed by atoms with van der Waals surface area (Å²) in [5, 5.41) is 0. The lowest BCUT2D eigenvalue weighted by molar-refractivity contribution is 0.397. The average Bonchev–Trinajstić information content (AvgIpc) is 2.38. The summed E-state index contributed by atoms with van der Waals surface area (Å²) in [4.78, 5) is 0. The summed E-state index contributed by atoms with van der Waals surface area (Å²) in [6.07, 6.45) is 0.912. The zero-order valence-corrected chi connectivity index (χ0v) is 9.39. The van der Waals surface area contributed by atoms with Gasteiger partial charge in [-0.2, -0.15) is 0 Å². The highest BCUT2D eigenvalue weighted by Gasteiger charge is 1.98. The van der Waals surface area contributed by atoms with Gasteiger partial charge in [0.15, 0.2) is 0 Å². The van der Waals surface area contributed by atoms with Crippen LogP contribution in [0, 0.1) is 6.61 Å². The molecule has 0 atom stereocenters. The summed E-state index contributed by atoms with van der Waals surface area (Å²) < 4.78 is 5.49. The summed E-state index contributed by atoms with van der Waals surface area (Å²) in [5.41, 5.74) is 2.40. The van der Waals surface area contributed by atoms with Gasteiger partial charge in [0.05, 0.1) is 0 Å². The average molecular weight is 211 g/mol. The molecular formula is C15H15O. The largest absolute Gasteiger partial charge is 0.487 e. The van der Waals surface area contributed by atoms with E-state index in [0.717, 1.165) is 12.2 Å². The van der Waals surface area contributed by atoms with Crippen LogP contribution in [0.2, 0.25) is 0 Å². The van der Waals surface area contributed by atoms with Crippen LogP contribution >= 0.6 is 0 Å². The first-order chi connectivity index (χ1) is 7.90. The number of hydrogen-bond donors (Lipinski definition) is 0. The zero-order valence-electron chi connectivity index (χ0n) is 9.39. The van der Waals surface area contributed by atoms with Gasteiger partial charge in [0, 0.05) is 0 Å². The van der Waals surface area contributed by atoms with Crippen molar-refractivity contribution in [3.8, 4) is 16.9 Å². The predicted octanol–water partition coefficient (Wildman–Crippen LogP) is 4.30. The molecule has 0 amide bonds. The van der Waals surface area contributed by atoms with E-state index < -0.39 is 0 Å². The van der Waals surface area contributed by atoms with Crippen LogP contribution in [0.5, 0.6) is 5.75 Å². The molecule has 0 aromatic heterocycles. The molecule has 0 aliphatic heterocycles. The number of ether oxygens (including phenoxy) is 1. The molecule has 0 unspecified atom stereocenters. The standard InChI is InChI=1S/C15H15O/c1-2-11-16-15-10-6-9-14(12-15)13-7-4-3-5-8-13/h3-12H,2H2,1H3. The predicted molar refractivity (Wildman–Crippen MR) is 67.1 cm³/mol. The summed E-state index contributed by atoms with van der Waals surface area (Å²) in [6.45, 7) is 3.87. The van der Waals surface area contributed by atoms with Crippen molar-refractivity contribution in [2.24, 2.45) is 0 Å². The third-order valence-corrected chi connectivity index (χ3v) is 2.33. The van der Waals surface area contributed by atoms with Crippen LogP contribution in [0.4, 0.5) is 0 Å². The van der Waals surface area contributed by atoms with Crippen molar-refractivity contribution in [1.29, 1.82) is 0 Å². The molecule has 2 aromatic rings. The Hall–Kier alpha value is -1.76. The molecule has 0 N–H and O–H groups in total. The Morgan fingerprint density at radius 2 is 1.69 bits per heavy atom. The summed E-state index contributed by atoms with van der Waals surface area (Å²) in [5.74, 6) is 0.892. The molecule has 2 rings (SSSR count). The van der Waals surface area contributed by atoms with E-state index in [2.05, 4.69) is 31.2 Å². The van der Waals surface area contributed by atoms with E-state index in [4.69, 9.17) is 4.74 Å². The van der Waals surface area contributed by atoms with Crippen molar-refractivity contribution in [2.75, 3.05) is 0 Å². The maximum atomic E-state index is 5.49. The van der Waals surface area contributed by atoms with E-state index in [1.807, 2.05) is 36.9 Å². The van der Waals surface area contributed by atoms with Crippen LogP contribution in [0.25, 0.3) is 11.1 Å². The highest BCUT2D eigenvalue weighted by molar-refractivity contribution is 5.64. The molecule has 0 aliphatic carbocycles. The fourth-order valence-electron chi connectivity index (χ4n) is 1.56. The Morgan fingerprint density at radius 1 is 0.938 bits per heavy atom. The van der Waals surface area contributed by atoms with E-state index in [9.17, 15) is 0 Å². The van der Waals surface area contributed by atoms with Gasteiger partial charge in [0.25, 0.3) is 0 Å². The first kappa shape index (κ1) is 10.7. The topological polar surface area (TPSA) is 9.23 Å². The molecule has 0 heterocycles. The maximum absolute atomic E-state index is 5.49. The SMILES string of the molecule is CC[CH]Oc1cccc(-c2ccccc2)c1. The normalized spacial score (nSPS) is 10.1. The van der Waals surface area contributed by atoms with Gasteiger partial charge in [0.2, 0.25) is 0 Å². The van der Waals surface area contributed by atoms with Crippen molar-refractivity contribution >= 4 is 0 Å². The lowest BCUT2D eigenvalue weighted by Gasteiger charge is -2.06. The van der Waals surface area contributed by atoms with Crippen LogP contribution < -0.4 is 4.74 Å². The molecule has 2 aromatic carbocycles. The minimum Gasteiger partial charge on any atom is -0.487 e. The molecule has 16 heavy (non-hydrogen) atoms. The lowest BCUT2D eigenvalue weighted by atomic mass is 10.1. The van der Waals surface area contributed by atoms with Gasteiger partial charge in [-0.25, -0.2) is 0 Å². The van der Waals surface area contributed by atoms with Crippen LogP contribution in [0.1, 0.15) is 13.3 Å². The molecule has 0 saturated carbocycles. The monoisotopic (exact) mass is 211 g/mol. The molecule has 1 nitrogen and oxygen atoms in total. The van der Waals surface area contributed by atoms with Crippen molar-refractivity contribution in [1.82, 2.24) is 0 Å². The third kappa shape index (κ3) is 2.63. The Labute approximate surface area is 96.7 Å². The molecule has 81 valence electrons. The molecule has 1 radical (unpaired) electrons. The lowest BCUT2D eigenvalue weighted by Crippen LogP contribution is -1.88. The van der Waals surface area contributed by atoms with E-state index in [0.29, 0.717) is 0 Å². The van der Waals surface area contributed by atoms with Crippen molar-refractivity contribution in [2.45, 2.75) is 13.3 Å². The van der Waals surface area contributed by atoms with Crippen molar-refractivity contribution in [3.05, 3.63) is 61.2 Å². The van der Waals surface area contributed by atoms with Crippen LogP contribution in [-0.2, 0) is 0 Å². The fraction of sp³-hybridized carbons (Fsp3) is 0.133. The number of hydrogen-bond acceptors (Lipinski definition) is 1. The summed E-state index contributed by atoms with van der Waals surface area (Å²) >= 11 is 0. The minimum absolute atomic E-state index is 0.892. The second-order valence-corrected chi connectivity index (χ2v) is 3.59. The van der Waals surface area contributed by atoms with Gasteiger partial charge in [-0.05, 0) is 29.7 Å². The highest BCUT2D eigenvalue weighted by atomic mass is 16.5. The van der Waals surface area contributed by atoms with E-state index in [1.165, 1.54) is 11.1 Å². The molecule has 0 aliphatic rings. The van der Waals surface area contributed by atoms with Crippen LogP contribution in [-0.4, -0.2) is 0 Å².